The molecule has 2 rings (SSSR count). The Morgan fingerprint density at radius 1 is 1.24 bits per heavy atom. The van der Waals surface area contributed by atoms with Crippen LogP contribution in [0.4, 0.5) is 13.2 Å². The molecule has 0 aliphatic carbocycles. The first-order chi connectivity index (χ1) is 9.96. The van der Waals surface area contributed by atoms with Crippen molar-refractivity contribution in [2.24, 2.45) is 0 Å². The van der Waals surface area contributed by atoms with Crippen LogP contribution in [0.3, 0.4) is 0 Å². The number of alkyl halides is 3. The summed E-state index contributed by atoms with van der Waals surface area (Å²) in [5, 5.41) is 11.2. The highest BCUT2D eigenvalue weighted by Crippen LogP contribution is 2.17. The van der Waals surface area contributed by atoms with Gasteiger partial charge in [-0.1, -0.05) is 6.92 Å². The van der Waals surface area contributed by atoms with E-state index in [-0.39, 0.29) is 0 Å². The molecule has 116 valence electrons. The SMILES string of the molecule is CCCn1ccc(CNCc2cnn(CC(F)(F)F)c2)n1. The topological polar surface area (TPSA) is 47.7 Å². The minimum Gasteiger partial charge on any atom is -0.307 e. The van der Waals surface area contributed by atoms with Crippen molar-refractivity contribution in [3.8, 4) is 0 Å². The summed E-state index contributed by atoms with van der Waals surface area (Å²) in [7, 11) is 0. The molecule has 0 saturated carbocycles. The lowest BCUT2D eigenvalue weighted by Gasteiger charge is -2.05. The minimum atomic E-state index is -4.25. The zero-order chi connectivity index (χ0) is 15.3. The van der Waals surface area contributed by atoms with Crippen molar-refractivity contribution in [2.45, 2.75) is 45.7 Å². The Morgan fingerprint density at radius 2 is 2.05 bits per heavy atom. The van der Waals surface area contributed by atoms with Crippen molar-refractivity contribution in [1.82, 2.24) is 24.9 Å². The summed E-state index contributed by atoms with van der Waals surface area (Å²) in [6.07, 6.45) is 1.53. The number of rotatable bonds is 7. The molecule has 0 atom stereocenters. The summed E-state index contributed by atoms with van der Waals surface area (Å²) in [6.45, 7) is 2.93. The Balaban J connectivity index is 1.78. The van der Waals surface area contributed by atoms with Gasteiger partial charge >= 0.3 is 6.18 Å². The van der Waals surface area contributed by atoms with E-state index < -0.39 is 12.7 Å². The van der Waals surface area contributed by atoms with Crippen molar-refractivity contribution in [3.05, 3.63) is 35.9 Å². The van der Waals surface area contributed by atoms with E-state index in [0.717, 1.165) is 23.3 Å². The second kappa shape index (κ2) is 6.75. The fraction of sp³-hybridized carbons (Fsp3) is 0.538. The van der Waals surface area contributed by atoms with Gasteiger partial charge in [0.05, 0.1) is 11.9 Å². The van der Waals surface area contributed by atoms with Crippen molar-refractivity contribution in [2.75, 3.05) is 0 Å². The van der Waals surface area contributed by atoms with Gasteiger partial charge in [0.25, 0.3) is 0 Å². The predicted molar refractivity (Wildman–Crippen MR) is 71.3 cm³/mol. The fourth-order valence-corrected chi connectivity index (χ4v) is 1.95. The molecule has 21 heavy (non-hydrogen) atoms. The number of hydrogen-bond acceptors (Lipinski definition) is 3. The smallest absolute Gasteiger partial charge is 0.307 e. The highest BCUT2D eigenvalue weighted by Gasteiger charge is 2.28. The van der Waals surface area contributed by atoms with Gasteiger partial charge in [-0.2, -0.15) is 23.4 Å². The average Bonchev–Trinajstić information content (AvgIpc) is 2.98. The molecular formula is C13H18F3N5. The number of hydrogen-bond donors (Lipinski definition) is 1. The molecule has 8 heteroatoms. The Hall–Kier alpha value is -1.83. The molecule has 2 aromatic rings. The van der Waals surface area contributed by atoms with E-state index in [4.69, 9.17) is 0 Å². The maximum Gasteiger partial charge on any atom is 0.408 e. The van der Waals surface area contributed by atoms with Gasteiger partial charge in [-0.25, -0.2) is 0 Å². The van der Waals surface area contributed by atoms with E-state index in [0.29, 0.717) is 18.7 Å². The minimum absolute atomic E-state index is 0.457. The summed E-state index contributed by atoms with van der Waals surface area (Å²) >= 11 is 0. The van der Waals surface area contributed by atoms with Crippen molar-refractivity contribution in [3.63, 3.8) is 0 Å². The van der Waals surface area contributed by atoms with Crippen molar-refractivity contribution < 1.29 is 13.2 Å². The van der Waals surface area contributed by atoms with Gasteiger partial charge in [-0.15, -0.1) is 0 Å². The zero-order valence-electron chi connectivity index (χ0n) is 11.8. The van der Waals surface area contributed by atoms with Crippen molar-refractivity contribution >= 4 is 0 Å². The third-order valence-electron chi connectivity index (χ3n) is 2.81. The predicted octanol–water partition coefficient (Wildman–Crippen LogP) is 2.34. The number of nitrogens with zero attached hydrogens (tertiary/aromatic N) is 4. The van der Waals surface area contributed by atoms with Crippen LogP contribution in [0, 0.1) is 0 Å². The first-order valence-electron chi connectivity index (χ1n) is 6.77. The number of aromatic nitrogens is 4. The first-order valence-corrected chi connectivity index (χ1v) is 6.77. The largest absolute Gasteiger partial charge is 0.408 e. The average molecular weight is 301 g/mol. The van der Waals surface area contributed by atoms with Crippen LogP contribution in [0.15, 0.2) is 24.7 Å². The molecule has 0 unspecified atom stereocenters. The standard InChI is InChI=1S/C13H18F3N5/c1-2-4-20-5-3-12(19-20)8-17-6-11-7-18-21(9-11)10-13(14,15)16/h3,5,7,9,17H,2,4,6,8,10H2,1H3. The lowest BCUT2D eigenvalue weighted by Crippen LogP contribution is -2.18. The third-order valence-corrected chi connectivity index (χ3v) is 2.81. The summed E-state index contributed by atoms with van der Waals surface area (Å²) in [4.78, 5) is 0. The fourth-order valence-electron chi connectivity index (χ4n) is 1.95. The molecule has 0 amide bonds. The molecule has 0 fully saturated rings. The van der Waals surface area contributed by atoms with Gasteiger partial charge in [0.2, 0.25) is 0 Å². The second-order valence-corrected chi connectivity index (χ2v) is 4.84. The molecule has 0 bridgehead atoms. The molecule has 0 spiro atoms. The van der Waals surface area contributed by atoms with Gasteiger partial charge < -0.3 is 5.32 Å². The van der Waals surface area contributed by atoms with E-state index in [9.17, 15) is 13.2 Å². The van der Waals surface area contributed by atoms with Crippen LogP contribution in [0.25, 0.3) is 0 Å². The zero-order valence-corrected chi connectivity index (χ0v) is 11.8. The van der Waals surface area contributed by atoms with Crippen LogP contribution in [0.5, 0.6) is 0 Å². The highest BCUT2D eigenvalue weighted by atomic mass is 19.4. The number of halogens is 3. The molecule has 1 N–H and O–H groups in total. The lowest BCUT2D eigenvalue weighted by molar-refractivity contribution is -0.142. The molecule has 0 aliphatic heterocycles. The molecule has 5 nitrogen and oxygen atoms in total. The Labute approximate surface area is 120 Å². The van der Waals surface area contributed by atoms with Crippen LogP contribution < -0.4 is 5.32 Å². The number of aryl methyl sites for hydroxylation is 1. The molecule has 2 heterocycles. The van der Waals surface area contributed by atoms with Crippen molar-refractivity contribution in [1.29, 1.82) is 0 Å². The first kappa shape index (κ1) is 15.6. The third kappa shape index (κ3) is 5.22. The van der Waals surface area contributed by atoms with Gasteiger partial charge in [-0.05, 0) is 12.5 Å². The molecule has 0 aromatic carbocycles. The summed E-state index contributed by atoms with van der Waals surface area (Å²) in [6, 6.07) is 1.93. The van der Waals surface area contributed by atoms with Crippen LogP contribution in [-0.4, -0.2) is 25.7 Å². The van der Waals surface area contributed by atoms with Gasteiger partial charge in [0.15, 0.2) is 0 Å². The van der Waals surface area contributed by atoms with Crippen LogP contribution in [0.2, 0.25) is 0 Å². The maximum absolute atomic E-state index is 12.2. The molecule has 0 saturated heterocycles. The van der Waals surface area contributed by atoms with E-state index >= 15 is 0 Å². The van der Waals surface area contributed by atoms with Crippen LogP contribution in [-0.2, 0) is 26.2 Å². The molecular weight excluding hydrogens is 283 g/mol. The highest BCUT2D eigenvalue weighted by molar-refractivity contribution is 5.04. The normalized spacial score (nSPS) is 12.0. The Bertz CT molecular complexity index is 558. The lowest BCUT2D eigenvalue weighted by atomic mass is 10.3. The quantitative estimate of drug-likeness (QED) is 0.854. The van der Waals surface area contributed by atoms with Crippen LogP contribution in [0.1, 0.15) is 24.6 Å². The van der Waals surface area contributed by atoms with E-state index in [1.54, 1.807) is 0 Å². The summed E-state index contributed by atoms with van der Waals surface area (Å²) in [5.74, 6) is 0. The molecule has 0 radical (unpaired) electrons. The molecule has 0 aliphatic rings. The Kier molecular flexibility index (Phi) is 5.00. The van der Waals surface area contributed by atoms with E-state index in [2.05, 4.69) is 22.4 Å². The molecule has 2 aromatic heterocycles. The van der Waals surface area contributed by atoms with E-state index in [1.165, 1.54) is 12.4 Å². The monoisotopic (exact) mass is 301 g/mol. The van der Waals surface area contributed by atoms with Gasteiger partial charge in [0, 0.05) is 37.6 Å². The van der Waals surface area contributed by atoms with E-state index in [1.807, 2.05) is 16.9 Å². The van der Waals surface area contributed by atoms with Gasteiger partial charge in [0.1, 0.15) is 6.54 Å². The van der Waals surface area contributed by atoms with Gasteiger partial charge in [-0.3, -0.25) is 9.36 Å². The Morgan fingerprint density at radius 3 is 2.76 bits per heavy atom. The second-order valence-electron chi connectivity index (χ2n) is 4.84. The maximum atomic E-state index is 12.2. The summed E-state index contributed by atoms with van der Waals surface area (Å²) in [5.41, 5.74) is 1.62. The summed E-state index contributed by atoms with van der Waals surface area (Å²) < 4.78 is 39.4. The number of nitrogens with one attached hydrogen (secondary N) is 1. The van der Waals surface area contributed by atoms with Crippen LogP contribution >= 0.6 is 0 Å².